The van der Waals surface area contributed by atoms with Gasteiger partial charge in [0, 0.05) is 47.2 Å². The third-order valence-corrected chi connectivity index (χ3v) is 6.07. The maximum atomic E-state index is 5.55. The van der Waals surface area contributed by atoms with Crippen LogP contribution in [0.25, 0.3) is 68.5 Å². The molecule has 0 radical (unpaired) electrons. The zero-order valence-corrected chi connectivity index (χ0v) is 21.1. The lowest BCUT2D eigenvalue weighted by Gasteiger charge is -1.98. The molecule has 0 aliphatic carbocycles. The molecule has 12 heteroatoms. The first-order valence-corrected chi connectivity index (χ1v) is 12.2. The van der Waals surface area contributed by atoms with Crippen LogP contribution in [-0.2, 0) is 0 Å². The molecule has 0 unspecified atom stereocenters. The zero-order valence-electron chi connectivity index (χ0n) is 21.1. The van der Waals surface area contributed by atoms with Gasteiger partial charge in [0.1, 0.15) is 0 Å². The topological polar surface area (TPSA) is 156 Å². The monoisotopic (exact) mass is 530 g/mol. The van der Waals surface area contributed by atoms with Gasteiger partial charge in [0.05, 0.1) is 0 Å². The van der Waals surface area contributed by atoms with E-state index in [1.54, 1.807) is 13.8 Å². The summed E-state index contributed by atoms with van der Waals surface area (Å²) in [5, 5.41) is 16.2. The molecule has 194 valence electrons. The molecular formula is C28H18N8O4. The number of nitrogens with zero attached hydrogens (tertiary/aromatic N) is 8. The summed E-state index contributed by atoms with van der Waals surface area (Å²) in [5.74, 6) is 3.69. The minimum atomic E-state index is 0.363. The molecule has 7 rings (SSSR count). The summed E-state index contributed by atoms with van der Waals surface area (Å²) < 4.78 is 21.2. The van der Waals surface area contributed by atoms with Gasteiger partial charge in [-0.15, -0.1) is 0 Å². The highest BCUT2D eigenvalue weighted by molar-refractivity contribution is 5.69. The summed E-state index contributed by atoms with van der Waals surface area (Å²) in [6, 6.07) is 22.5. The Labute approximate surface area is 225 Å². The third-order valence-electron chi connectivity index (χ3n) is 6.07. The van der Waals surface area contributed by atoms with Crippen LogP contribution in [0.3, 0.4) is 0 Å². The van der Waals surface area contributed by atoms with Crippen LogP contribution in [0.5, 0.6) is 0 Å². The molecule has 4 heterocycles. The second kappa shape index (κ2) is 9.51. The van der Waals surface area contributed by atoms with Gasteiger partial charge >= 0.3 is 0 Å². The van der Waals surface area contributed by atoms with E-state index in [-0.39, 0.29) is 0 Å². The smallest absolute Gasteiger partial charge is 0.258 e. The first-order chi connectivity index (χ1) is 19.6. The quantitative estimate of drug-likeness (QED) is 0.253. The number of benzene rings is 3. The average molecular weight is 531 g/mol. The van der Waals surface area contributed by atoms with Crippen molar-refractivity contribution in [2.24, 2.45) is 0 Å². The van der Waals surface area contributed by atoms with Crippen LogP contribution in [0.1, 0.15) is 11.8 Å². The summed E-state index contributed by atoms with van der Waals surface area (Å²) in [4.78, 5) is 17.6. The molecule has 40 heavy (non-hydrogen) atoms. The Bertz CT molecular complexity index is 1800. The zero-order chi connectivity index (χ0) is 27.1. The molecule has 0 N–H and O–H groups in total. The van der Waals surface area contributed by atoms with E-state index in [2.05, 4.69) is 40.6 Å². The fourth-order valence-electron chi connectivity index (χ4n) is 4.07. The van der Waals surface area contributed by atoms with Crippen LogP contribution in [0.15, 0.2) is 90.9 Å². The molecule has 0 fully saturated rings. The Hall–Kier alpha value is -5.78. The Kier molecular flexibility index (Phi) is 5.55. The van der Waals surface area contributed by atoms with Crippen molar-refractivity contribution in [3.8, 4) is 68.5 Å². The van der Waals surface area contributed by atoms with Gasteiger partial charge in [-0.1, -0.05) is 75.2 Å². The van der Waals surface area contributed by atoms with Gasteiger partial charge in [-0.25, -0.2) is 0 Å². The second-order valence-corrected chi connectivity index (χ2v) is 8.86. The predicted molar refractivity (Wildman–Crippen MR) is 140 cm³/mol. The standard InChI is InChI=1S/C28H18N8O4/c1-15-29-23(33-37-15)17-6-10-19(11-7-17)25-31-27(39-35-25)21-4-3-5-22(14-21)28-32-26(36-40-28)20-12-8-18(9-13-20)24-30-16(2)38-34-24/h3-14H,1-2H3. The van der Waals surface area contributed by atoms with E-state index in [1.165, 1.54) is 0 Å². The lowest BCUT2D eigenvalue weighted by Crippen LogP contribution is -1.85. The van der Waals surface area contributed by atoms with Gasteiger partial charge in [-0.3, -0.25) is 0 Å². The van der Waals surface area contributed by atoms with Crippen molar-refractivity contribution in [1.82, 2.24) is 40.6 Å². The average Bonchev–Trinajstić information content (AvgIpc) is 3.81. The van der Waals surface area contributed by atoms with E-state index < -0.39 is 0 Å². The van der Waals surface area contributed by atoms with Crippen LogP contribution in [0.4, 0.5) is 0 Å². The van der Waals surface area contributed by atoms with Crippen molar-refractivity contribution in [2.75, 3.05) is 0 Å². The van der Waals surface area contributed by atoms with Crippen molar-refractivity contribution in [2.45, 2.75) is 13.8 Å². The SMILES string of the molecule is Cc1nc(-c2ccc(-c3noc(-c4cccc(-c5nc(-c6ccc(-c7noc(C)n7)cc6)no5)c4)n3)cc2)no1. The summed E-state index contributed by atoms with van der Waals surface area (Å²) in [6.07, 6.45) is 0. The Morgan fingerprint density at radius 2 is 0.750 bits per heavy atom. The minimum absolute atomic E-state index is 0.363. The Balaban J connectivity index is 1.10. The highest BCUT2D eigenvalue weighted by Gasteiger charge is 2.16. The largest absolute Gasteiger partial charge is 0.339 e. The molecule has 0 spiro atoms. The van der Waals surface area contributed by atoms with Crippen LogP contribution < -0.4 is 0 Å². The van der Waals surface area contributed by atoms with Crippen molar-refractivity contribution in [1.29, 1.82) is 0 Å². The van der Waals surface area contributed by atoms with Gasteiger partial charge in [-0.2, -0.15) is 19.9 Å². The van der Waals surface area contributed by atoms with E-state index in [4.69, 9.17) is 18.1 Å². The van der Waals surface area contributed by atoms with Gasteiger partial charge in [0.2, 0.25) is 35.1 Å². The predicted octanol–water partition coefficient (Wildman–Crippen LogP) is 5.84. The van der Waals surface area contributed by atoms with E-state index in [1.807, 2.05) is 72.8 Å². The normalized spacial score (nSPS) is 11.2. The molecule has 0 bridgehead atoms. The molecule has 7 aromatic rings. The first-order valence-electron chi connectivity index (χ1n) is 12.2. The van der Waals surface area contributed by atoms with Gasteiger partial charge in [0.15, 0.2) is 0 Å². The third kappa shape index (κ3) is 4.43. The summed E-state index contributed by atoms with van der Waals surface area (Å²) in [5.41, 5.74) is 4.67. The minimum Gasteiger partial charge on any atom is -0.339 e. The lowest BCUT2D eigenvalue weighted by molar-refractivity contribution is 0.394. The van der Waals surface area contributed by atoms with Crippen LogP contribution in [-0.4, -0.2) is 40.6 Å². The van der Waals surface area contributed by atoms with Gasteiger partial charge in [0.25, 0.3) is 11.8 Å². The van der Waals surface area contributed by atoms with Crippen molar-refractivity contribution in [3.05, 3.63) is 84.6 Å². The molecule has 4 aromatic heterocycles. The van der Waals surface area contributed by atoms with E-state index >= 15 is 0 Å². The highest BCUT2D eigenvalue weighted by Crippen LogP contribution is 2.29. The van der Waals surface area contributed by atoms with Crippen molar-refractivity contribution >= 4 is 0 Å². The molecule has 0 amide bonds. The molecule has 0 atom stereocenters. The molecule has 12 nitrogen and oxygen atoms in total. The number of aromatic nitrogens is 8. The molecular weight excluding hydrogens is 512 g/mol. The lowest BCUT2D eigenvalue weighted by atomic mass is 10.1. The summed E-state index contributed by atoms with van der Waals surface area (Å²) in [6.45, 7) is 3.49. The fourth-order valence-corrected chi connectivity index (χ4v) is 4.07. The fraction of sp³-hybridized carbons (Fsp3) is 0.0714. The maximum absolute atomic E-state index is 5.55. The number of aryl methyl sites for hydroxylation is 2. The number of hydrogen-bond acceptors (Lipinski definition) is 12. The first kappa shape index (κ1) is 23.3. The highest BCUT2D eigenvalue weighted by atomic mass is 16.5. The molecule has 3 aromatic carbocycles. The number of hydrogen-bond donors (Lipinski definition) is 0. The maximum Gasteiger partial charge on any atom is 0.258 e. The molecule has 0 aliphatic heterocycles. The summed E-state index contributed by atoms with van der Waals surface area (Å²) in [7, 11) is 0. The van der Waals surface area contributed by atoms with Crippen LogP contribution in [0.2, 0.25) is 0 Å². The van der Waals surface area contributed by atoms with Gasteiger partial charge in [-0.05, 0) is 18.2 Å². The van der Waals surface area contributed by atoms with E-state index in [0.717, 1.165) is 33.4 Å². The molecule has 0 saturated heterocycles. The molecule has 0 saturated carbocycles. The van der Waals surface area contributed by atoms with Crippen LogP contribution >= 0.6 is 0 Å². The van der Waals surface area contributed by atoms with Crippen LogP contribution in [0, 0.1) is 13.8 Å². The van der Waals surface area contributed by atoms with Crippen molar-refractivity contribution in [3.63, 3.8) is 0 Å². The van der Waals surface area contributed by atoms with E-state index in [9.17, 15) is 0 Å². The second-order valence-electron chi connectivity index (χ2n) is 8.86. The van der Waals surface area contributed by atoms with E-state index in [0.29, 0.717) is 46.9 Å². The number of rotatable bonds is 6. The van der Waals surface area contributed by atoms with Crippen molar-refractivity contribution < 1.29 is 18.1 Å². The summed E-state index contributed by atoms with van der Waals surface area (Å²) >= 11 is 0. The molecule has 0 aliphatic rings. The Morgan fingerprint density at radius 3 is 1.10 bits per heavy atom. The van der Waals surface area contributed by atoms with Gasteiger partial charge < -0.3 is 18.1 Å². The Morgan fingerprint density at radius 1 is 0.400 bits per heavy atom.